The third-order valence-corrected chi connectivity index (χ3v) is 5.28. The molecule has 0 fully saturated rings. The van der Waals surface area contributed by atoms with E-state index in [2.05, 4.69) is 15.4 Å². The van der Waals surface area contributed by atoms with Gasteiger partial charge < -0.3 is 16.4 Å². The summed E-state index contributed by atoms with van der Waals surface area (Å²) in [7, 11) is -3.98. The van der Waals surface area contributed by atoms with Crippen molar-refractivity contribution in [1.82, 2.24) is 15.4 Å². The maximum absolute atomic E-state index is 12.6. The van der Waals surface area contributed by atoms with Gasteiger partial charge in [0.2, 0.25) is 27.7 Å². The van der Waals surface area contributed by atoms with Crippen LogP contribution >= 0.6 is 0 Å². The lowest BCUT2D eigenvalue weighted by atomic mass is 10.1. The molecule has 0 saturated heterocycles. The van der Waals surface area contributed by atoms with Crippen molar-refractivity contribution in [2.24, 2.45) is 5.73 Å². The van der Waals surface area contributed by atoms with Crippen LogP contribution in [0.25, 0.3) is 0 Å². The van der Waals surface area contributed by atoms with Crippen LogP contribution in [0.15, 0.2) is 29.2 Å². The molecule has 5 N–H and O–H groups in total. The first-order valence-electron chi connectivity index (χ1n) is 9.26. The zero-order chi connectivity index (χ0) is 22.2. The smallest absolute Gasteiger partial charge is 0.241 e. The number of amides is 3. The summed E-state index contributed by atoms with van der Waals surface area (Å²) in [6, 6.07) is 4.98. The van der Waals surface area contributed by atoms with Gasteiger partial charge in [-0.05, 0) is 46.2 Å². The molecule has 3 amide bonds. The molecule has 1 aromatic carbocycles. The number of sulfonamides is 1. The maximum Gasteiger partial charge on any atom is 0.241 e. The fraction of sp³-hybridized carbons (Fsp3) is 0.526. The largest absolute Gasteiger partial charge is 0.370 e. The van der Waals surface area contributed by atoms with Crippen molar-refractivity contribution in [3.63, 3.8) is 0 Å². The maximum atomic E-state index is 12.6. The highest BCUT2D eigenvalue weighted by molar-refractivity contribution is 7.89. The topological polar surface area (TPSA) is 147 Å². The van der Waals surface area contributed by atoms with E-state index in [1.165, 1.54) is 12.1 Å². The number of rotatable bonds is 10. The fourth-order valence-electron chi connectivity index (χ4n) is 2.40. The van der Waals surface area contributed by atoms with Gasteiger partial charge in [-0.15, -0.1) is 0 Å². The standard InChI is InChI=1S/C19H30N4O5S/c1-13-5-7-14(8-6-13)29(27,28)23-15(18(26)21-12-11-16(20)24)9-10-17(25)22-19(2,3)4/h5-8,15,23H,9-12H2,1-4H3,(H2,20,24)(H,21,26)(H,22,25)/t15-/m0/s1. The van der Waals surface area contributed by atoms with E-state index >= 15 is 0 Å². The molecule has 1 rings (SSSR count). The molecule has 0 unspecified atom stereocenters. The van der Waals surface area contributed by atoms with Gasteiger partial charge in [-0.2, -0.15) is 4.72 Å². The van der Waals surface area contributed by atoms with Crippen molar-refractivity contribution in [2.75, 3.05) is 6.54 Å². The molecule has 0 aliphatic carbocycles. The van der Waals surface area contributed by atoms with Crippen LogP contribution in [0.4, 0.5) is 0 Å². The minimum atomic E-state index is -3.98. The summed E-state index contributed by atoms with van der Waals surface area (Å²) >= 11 is 0. The molecule has 10 heteroatoms. The molecule has 0 aliphatic rings. The van der Waals surface area contributed by atoms with E-state index in [-0.39, 0.29) is 36.6 Å². The predicted octanol–water partition coefficient (Wildman–Crippen LogP) is 0.328. The van der Waals surface area contributed by atoms with Gasteiger partial charge in [-0.3, -0.25) is 14.4 Å². The van der Waals surface area contributed by atoms with Gasteiger partial charge in [-0.1, -0.05) is 17.7 Å². The van der Waals surface area contributed by atoms with Crippen molar-refractivity contribution < 1.29 is 22.8 Å². The Kier molecular flexibility index (Phi) is 8.78. The first kappa shape index (κ1) is 24.6. The van der Waals surface area contributed by atoms with Gasteiger partial charge in [0.25, 0.3) is 0 Å². The molecule has 9 nitrogen and oxygen atoms in total. The second kappa shape index (κ2) is 10.4. The molecule has 0 saturated carbocycles. The van der Waals surface area contributed by atoms with E-state index in [1.807, 2.05) is 27.7 Å². The highest BCUT2D eigenvalue weighted by atomic mass is 32.2. The van der Waals surface area contributed by atoms with Gasteiger partial charge in [-0.25, -0.2) is 8.42 Å². The first-order valence-corrected chi connectivity index (χ1v) is 10.7. The van der Waals surface area contributed by atoms with E-state index < -0.39 is 33.4 Å². The number of primary amides is 1. The molecule has 0 heterocycles. The molecule has 29 heavy (non-hydrogen) atoms. The lowest BCUT2D eigenvalue weighted by Crippen LogP contribution is -2.48. The van der Waals surface area contributed by atoms with Crippen molar-refractivity contribution in [3.05, 3.63) is 29.8 Å². The van der Waals surface area contributed by atoms with E-state index in [0.29, 0.717) is 0 Å². The molecule has 162 valence electrons. The Morgan fingerprint density at radius 1 is 1.07 bits per heavy atom. The summed E-state index contributed by atoms with van der Waals surface area (Å²) in [5.74, 6) is -1.53. The third kappa shape index (κ3) is 9.53. The number of nitrogens with one attached hydrogen (secondary N) is 3. The fourth-order valence-corrected chi connectivity index (χ4v) is 3.63. The molecule has 1 aromatic rings. The molecular weight excluding hydrogens is 396 g/mol. The monoisotopic (exact) mass is 426 g/mol. The molecule has 0 spiro atoms. The van der Waals surface area contributed by atoms with Crippen LogP contribution in [0, 0.1) is 6.92 Å². The van der Waals surface area contributed by atoms with Gasteiger partial charge in [0.1, 0.15) is 6.04 Å². The molecule has 0 aliphatic heterocycles. The minimum Gasteiger partial charge on any atom is -0.370 e. The van der Waals surface area contributed by atoms with Crippen LogP contribution in [0.2, 0.25) is 0 Å². The average Bonchev–Trinajstić information content (AvgIpc) is 2.57. The summed E-state index contributed by atoms with van der Waals surface area (Å²) in [6.07, 6.45) is -0.176. The van der Waals surface area contributed by atoms with Crippen molar-refractivity contribution in [3.8, 4) is 0 Å². The Hall–Kier alpha value is -2.46. The van der Waals surface area contributed by atoms with Crippen LogP contribution in [-0.4, -0.2) is 44.3 Å². The number of carbonyl (C=O) groups is 3. The van der Waals surface area contributed by atoms with E-state index in [4.69, 9.17) is 5.73 Å². The third-order valence-electron chi connectivity index (χ3n) is 3.79. The molecule has 0 radical (unpaired) electrons. The summed E-state index contributed by atoms with van der Waals surface area (Å²) in [6.45, 7) is 7.26. The average molecular weight is 427 g/mol. The quantitative estimate of drug-likeness (QED) is 0.425. The number of aryl methyl sites for hydroxylation is 1. The van der Waals surface area contributed by atoms with Gasteiger partial charge >= 0.3 is 0 Å². The number of carbonyl (C=O) groups excluding carboxylic acids is 3. The SMILES string of the molecule is Cc1ccc(S(=O)(=O)N[C@@H](CCC(=O)NC(C)(C)C)C(=O)NCCC(N)=O)cc1. The van der Waals surface area contributed by atoms with Gasteiger partial charge in [0.05, 0.1) is 4.90 Å². The number of hydrogen-bond donors (Lipinski definition) is 4. The zero-order valence-corrected chi connectivity index (χ0v) is 18.1. The summed E-state index contributed by atoms with van der Waals surface area (Å²) in [5.41, 5.74) is 5.49. The lowest BCUT2D eigenvalue weighted by molar-refractivity contribution is -0.124. The Morgan fingerprint density at radius 3 is 2.17 bits per heavy atom. The second-order valence-corrected chi connectivity index (χ2v) is 9.55. The predicted molar refractivity (Wildman–Crippen MR) is 109 cm³/mol. The van der Waals surface area contributed by atoms with E-state index in [0.717, 1.165) is 5.56 Å². The Morgan fingerprint density at radius 2 is 1.66 bits per heavy atom. The van der Waals surface area contributed by atoms with E-state index in [9.17, 15) is 22.8 Å². The first-order chi connectivity index (χ1) is 13.3. The Labute approximate surface area is 171 Å². The van der Waals surface area contributed by atoms with Crippen LogP contribution in [0.5, 0.6) is 0 Å². The number of nitrogens with two attached hydrogens (primary N) is 1. The van der Waals surface area contributed by atoms with Crippen LogP contribution < -0.4 is 21.1 Å². The highest BCUT2D eigenvalue weighted by Crippen LogP contribution is 2.12. The Bertz CT molecular complexity index is 829. The molecule has 0 bridgehead atoms. The second-order valence-electron chi connectivity index (χ2n) is 7.83. The van der Waals surface area contributed by atoms with E-state index in [1.54, 1.807) is 12.1 Å². The van der Waals surface area contributed by atoms with Crippen LogP contribution in [0.1, 0.15) is 45.6 Å². The number of benzene rings is 1. The summed E-state index contributed by atoms with van der Waals surface area (Å²) in [4.78, 5) is 35.4. The van der Waals surface area contributed by atoms with Crippen LogP contribution in [-0.2, 0) is 24.4 Å². The lowest BCUT2D eigenvalue weighted by Gasteiger charge is -2.22. The summed E-state index contributed by atoms with van der Waals surface area (Å²) < 4.78 is 27.6. The van der Waals surface area contributed by atoms with Crippen LogP contribution in [0.3, 0.4) is 0 Å². The van der Waals surface area contributed by atoms with Crippen molar-refractivity contribution >= 4 is 27.7 Å². The molecule has 0 aromatic heterocycles. The molecular formula is C19H30N4O5S. The number of hydrogen-bond acceptors (Lipinski definition) is 5. The summed E-state index contributed by atoms with van der Waals surface area (Å²) in [5, 5.41) is 5.23. The van der Waals surface area contributed by atoms with Crippen molar-refractivity contribution in [2.45, 2.75) is 63.4 Å². The van der Waals surface area contributed by atoms with Gasteiger partial charge in [0.15, 0.2) is 0 Å². The minimum absolute atomic E-state index is 0.0113. The zero-order valence-electron chi connectivity index (χ0n) is 17.2. The van der Waals surface area contributed by atoms with Crippen molar-refractivity contribution in [1.29, 1.82) is 0 Å². The highest BCUT2D eigenvalue weighted by Gasteiger charge is 2.27. The van der Waals surface area contributed by atoms with Gasteiger partial charge in [0, 0.05) is 24.9 Å². The molecule has 1 atom stereocenters. The Balaban J connectivity index is 2.90. The normalized spacial score (nSPS) is 12.8.